The maximum atomic E-state index is 11.5. The minimum absolute atomic E-state index is 0.0265. The Morgan fingerprint density at radius 2 is 2.06 bits per heavy atom. The number of hydrogen-bond acceptors (Lipinski definition) is 3. The zero-order valence-corrected chi connectivity index (χ0v) is 10.5. The number of amides is 1. The fraction of sp³-hybridized carbons (Fsp3) is 0.917. The van der Waals surface area contributed by atoms with E-state index in [0.29, 0.717) is 0 Å². The summed E-state index contributed by atoms with van der Waals surface area (Å²) in [5.41, 5.74) is 0.186. The van der Waals surface area contributed by atoms with Crippen molar-refractivity contribution in [2.45, 2.75) is 39.7 Å². The number of nitrogens with one attached hydrogen (secondary N) is 1. The van der Waals surface area contributed by atoms with E-state index >= 15 is 0 Å². The first-order valence-electron chi connectivity index (χ1n) is 5.98. The summed E-state index contributed by atoms with van der Waals surface area (Å²) in [5, 5.41) is 2.93. The molecule has 0 aromatic heterocycles. The van der Waals surface area contributed by atoms with Crippen molar-refractivity contribution in [2.75, 3.05) is 26.4 Å². The van der Waals surface area contributed by atoms with E-state index in [9.17, 15) is 4.79 Å². The minimum atomic E-state index is -0.0265. The molecule has 0 aromatic carbocycles. The molecule has 0 bridgehead atoms. The monoisotopic (exact) mass is 229 g/mol. The molecule has 1 heterocycles. The lowest BCUT2D eigenvalue weighted by Crippen LogP contribution is -2.40. The van der Waals surface area contributed by atoms with Crippen molar-refractivity contribution in [3.05, 3.63) is 0 Å². The number of carbonyl (C=O) groups is 1. The van der Waals surface area contributed by atoms with Gasteiger partial charge in [-0.1, -0.05) is 6.92 Å². The van der Waals surface area contributed by atoms with Crippen LogP contribution in [0.2, 0.25) is 0 Å². The molecule has 0 atom stereocenters. The lowest BCUT2D eigenvalue weighted by molar-refractivity contribution is -0.127. The third kappa shape index (κ3) is 4.94. The van der Waals surface area contributed by atoms with E-state index in [4.69, 9.17) is 9.47 Å². The second-order valence-electron chi connectivity index (χ2n) is 5.06. The van der Waals surface area contributed by atoms with Gasteiger partial charge in [-0.05, 0) is 32.1 Å². The summed E-state index contributed by atoms with van der Waals surface area (Å²) < 4.78 is 10.6. The lowest BCUT2D eigenvalue weighted by Gasteiger charge is -2.33. The molecule has 1 aliphatic heterocycles. The Hall–Kier alpha value is -0.610. The highest BCUT2D eigenvalue weighted by Crippen LogP contribution is 2.28. The molecule has 4 nitrogen and oxygen atoms in total. The van der Waals surface area contributed by atoms with Crippen LogP contribution < -0.4 is 5.32 Å². The molecule has 0 saturated carbocycles. The molecule has 0 unspecified atom stereocenters. The highest BCUT2D eigenvalue weighted by atomic mass is 16.5. The van der Waals surface area contributed by atoms with Gasteiger partial charge in [-0.2, -0.15) is 0 Å². The van der Waals surface area contributed by atoms with Crippen LogP contribution in [0.1, 0.15) is 33.6 Å². The first-order valence-corrected chi connectivity index (χ1v) is 5.98. The molecule has 16 heavy (non-hydrogen) atoms. The maximum Gasteiger partial charge on any atom is 0.246 e. The van der Waals surface area contributed by atoms with Crippen LogP contribution in [0, 0.1) is 5.41 Å². The van der Waals surface area contributed by atoms with Crippen molar-refractivity contribution in [3.63, 3.8) is 0 Å². The van der Waals surface area contributed by atoms with Crippen molar-refractivity contribution in [1.29, 1.82) is 0 Å². The van der Waals surface area contributed by atoms with Crippen LogP contribution in [0.4, 0.5) is 0 Å². The van der Waals surface area contributed by atoms with Crippen LogP contribution in [0.15, 0.2) is 0 Å². The number of ether oxygens (including phenoxy) is 2. The van der Waals surface area contributed by atoms with Crippen LogP contribution in [-0.2, 0) is 14.3 Å². The van der Waals surface area contributed by atoms with Crippen molar-refractivity contribution in [3.8, 4) is 0 Å². The van der Waals surface area contributed by atoms with E-state index in [1.165, 1.54) is 0 Å². The zero-order chi connectivity index (χ0) is 12.0. The third-order valence-electron chi connectivity index (χ3n) is 2.96. The summed E-state index contributed by atoms with van der Waals surface area (Å²) in [6.07, 6.45) is 2.13. The van der Waals surface area contributed by atoms with Crippen LogP contribution in [0.25, 0.3) is 0 Å². The van der Waals surface area contributed by atoms with Gasteiger partial charge in [0.25, 0.3) is 0 Å². The Morgan fingerprint density at radius 1 is 1.44 bits per heavy atom. The van der Waals surface area contributed by atoms with E-state index < -0.39 is 0 Å². The minimum Gasteiger partial charge on any atom is -0.381 e. The number of carbonyl (C=O) groups excluding carboxylic acids is 1. The maximum absolute atomic E-state index is 11.5. The zero-order valence-electron chi connectivity index (χ0n) is 10.5. The summed E-state index contributed by atoms with van der Waals surface area (Å²) in [6.45, 7) is 8.52. The summed E-state index contributed by atoms with van der Waals surface area (Å²) in [7, 11) is 0. The predicted molar refractivity (Wildman–Crippen MR) is 62.3 cm³/mol. The molecule has 1 fully saturated rings. The molecule has 94 valence electrons. The molecule has 0 aliphatic carbocycles. The van der Waals surface area contributed by atoms with Gasteiger partial charge in [0.15, 0.2) is 0 Å². The lowest BCUT2D eigenvalue weighted by atomic mass is 9.82. The molecule has 0 aromatic rings. The standard InChI is InChI=1S/C12H23NO3/c1-10(2)16-8-11(14)13-9-12(3)4-6-15-7-5-12/h10H,4-9H2,1-3H3,(H,13,14). The molecule has 1 amide bonds. The molecular weight excluding hydrogens is 206 g/mol. The topological polar surface area (TPSA) is 47.6 Å². The van der Waals surface area contributed by atoms with Crippen LogP contribution in [0.3, 0.4) is 0 Å². The van der Waals surface area contributed by atoms with Gasteiger partial charge in [0, 0.05) is 19.8 Å². The van der Waals surface area contributed by atoms with Gasteiger partial charge in [-0.3, -0.25) is 4.79 Å². The highest BCUT2D eigenvalue weighted by molar-refractivity contribution is 5.77. The summed E-state index contributed by atoms with van der Waals surface area (Å²) >= 11 is 0. The van der Waals surface area contributed by atoms with Crippen LogP contribution in [-0.4, -0.2) is 38.4 Å². The van der Waals surface area contributed by atoms with E-state index in [1.807, 2.05) is 13.8 Å². The van der Waals surface area contributed by atoms with Gasteiger partial charge < -0.3 is 14.8 Å². The van der Waals surface area contributed by atoms with Crippen molar-refractivity contribution >= 4 is 5.91 Å². The van der Waals surface area contributed by atoms with Gasteiger partial charge in [-0.25, -0.2) is 0 Å². The third-order valence-corrected chi connectivity index (χ3v) is 2.96. The van der Waals surface area contributed by atoms with E-state index in [1.54, 1.807) is 0 Å². The molecule has 1 N–H and O–H groups in total. The Labute approximate surface area is 97.7 Å². The number of rotatable bonds is 5. The average molecular weight is 229 g/mol. The molecule has 1 saturated heterocycles. The first kappa shape index (κ1) is 13.5. The molecular formula is C12H23NO3. The molecule has 0 spiro atoms. The second-order valence-corrected chi connectivity index (χ2v) is 5.06. The fourth-order valence-corrected chi connectivity index (χ4v) is 1.65. The first-order chi connectivity index (χ1) is 7.52. The predicted octanol–water partition coefficient (Wildman–Crippen LogP) is 1.34. The second kappa shape index (κ2) is 6.21. The van der Waals surface area contributed by atoms with Gasteiger partial charge in [0.05, 0.1) is 6.10 Å². The normalized spacial score (nSPS) is 19.8. The number of hydrogen-bond donors (Lipinski definition) is 1. The summed E-state index contributed by atoms with van der Waals surface area (Å²) in [5.74, 6) is -0.0265. The van der Waals surface area contributed by atoms with Crippen LogP contribution in [0.5, 0.6) is 0 Å². The molecule has 1 rings (SSSR count). The molecule has 0 radical (unpaired) electrons. The van der Waals surface area contributed by atoms with E-state index in [0.717, 1.165) is 32.6 Å². The van der Waals surface area contributed by atoms with Crippen molar-refractivity contribution in [1.82, 2.24) is 5.32 Å². The highest BCUT2D eigenvalue weighted by Gasteiger charge is 2.27. The van der Waals surface area contributed by atoms with Crippen molar-refractivity contribution < 1.29 is 14.3 Å². The Morgan fingerprint density at radius 3 is 2.62 bits per heavy atom. The van der Waals surface area contributed by atoms with Gasteiger partial charge in [0.2, 0.25) is 5.91 Å². The van der Waals surface area contributed by atoms with E-state index in [-0.39, 0.29) is 24.0 Å². The van der Waals surface area contributed by atoms with Gasteiger partial charge in [-0.15, -0.1) is 0 Å². The molecule has 1 aliphatic rings. The molecule has 4 heteroatoms. The summed E-state index contributed by atoms with van der Waals surface area (Å²) in [6, 6.07) is 0. The largest absolute Gasteiger partial charge is 0.381 e. The SMILES string of the molecule is CC(C)OCC(=O)NCC1(C)CCOCC1. The quantitative estimate of drug-likeness (QED) is 0.774. The fourth-order valence-electron chi connectivity index (χ4n) is 1.65. The van der Waals surface area contributed by atoms with Crippen LogP contribution >= 0.6 is 0 Å². The van der Waals surface area contributed by atoms with Crippen molar-refractivity contribution in [2.24, 2.45) is 5.41 Å². The van der Waals surface area contributed by atoms with E-state index in [2.05, 4.69) is 12.2 Å². The Balaban J connectivity index is 2.19. The smallest absolute Gasteiger partial charge is 0.246 e. The van der Waals surface area contributed by atoms with Gasteiger partial charge in [0.1, 0.15) is 6.61 Å². The summed E-state index contributed by atoms with van der Waals surface area (Å²) in [4.78, 5) is 11.5. The average Bonchev–Trinajstić information content (AvgIpc) is 2.25. The Bertz CT molecular complexity index is 222. The Kier molecular flexibility index (Phi) is 5.22. The van der Waals surface area contributed by atoms with Gasteiger partial charge >= 0.3 is 0 Å².